The highest BCUT2D eigenvalue weighted by atomic mass is 35.5. The van der Waals surface area contributed by atoms with Crippen molar-refractivity contribution in [2.45, 2.75) is 33.2 Å². The van der Waals surface area contributed by atoms with Crippen molar-refractivity contribution in [1.29, 1.82) is 0 Å². The molecule has 0 unspecified atom stereocenters. The number of aliphatic hydroxyl groups excluding tert-OH is 1. The van der Waals surface area contributed by atoms with E-state index in [9.17, 15) is 19.1 Å². The topological polar surface area (TPSA) is 94.1 Å². The van der Waals surface area contributed by atoms with E-state index in [1.165, 1.54) is 38.6 Å². The Morgan fingerprint density at radius 2 is 1.83 bits per heavy atom. The number of carbonyl (C=O) groups excluding carboxylic acids is 2. The number of halogens is 2. The lowest BCUT2D eigenvalue weighted by Gasteiger charge is -2.20. The molecule has 0 bridgehead atoms. The van der Waals surface area contributed by atoms with E-state index < -0.39 is 17.6 Å². The number of hydrogen-bond donors (Lipinski definition) is 2. The molecule has 0 amide bonds. The number of hydrogen-bond acceptors (Lipinski definition) is 7. The predicted molar refractivity (Wildman–Crippen MR) is 132 cm³/mol. The molecule has 0 spiro atoms. The number of methoxy groups -OCH3 is 2. The molecule has 0 aliphatic carbocycles. The molecule has 190 valence electrons. The summed E-state index contributed by atoms with van der Waals surface area (Å²) in [7, 11) is 2.83. The van der Waals surface area contributed by atoms with Gasteiger partial charge in [-0.05, 0) is 36.1 Å². The number of Topliss-reactive ketones (excluding diaryl/α,β-unsaturated/α-hetero) is 1. The van der Waals surface area contributed by atoms with Crippen molar-refractivity contribution >= 4 is 23.4 Å². The van der Waals surface area contributed by atoms with Crippen LogP contribution in [-0.2, 0) is 16.0 Å². The zero-order valence-electron chi connectivity index (χ0n) is 20.5. The molecule has 0 heterocycles. The Labute approximate surface area is 209 Å². The van der Waals surface area contributed by atoms with E-state index in [-0.39, 0.29) is 53.5 Å². The summed E-state index contributed by atoms with van der Waals surface area (Å²) in [5.74, 6) is -1.49. The molecule has 0 aromatic heterocycles. The predicted octanol–water partition coefficient (Wildman–Crippen LogP) is 4.32. The van der Waals surface area contributed by atoms with Crippen molar-refractivity contribution in [1.82, 2.24) is 5.32 Å². The summed E-state index contributed by atoms with van der Waals surface area (Å²) in [6.07, 6.45) is 1.33. The molecule has 2 N–H and O–H groups in total. The van der Waals surface area contributed by atoms with E-state index >= 15 is 0 Å². The van der Waals surface area contributed by atoms with Gasteiger partial charge in [-0.15, -0.1) is 0 Å². The molecule has 2 aromatic carbocycles. The van der Waals surface area contributed by atoms with E-state index in [2.05, 4.69) is 5.32 Å². The zero-order chi connectivity index (χ0) is 26.1. The van der Waals surface area contributed by atoms with Gasteiger partial charge in [0.25, 0.3) is 0 Å². The fraction of sp³-hybridized carbons (Fsp3) is 0.385. The second kappa shape index (κ2) is 13.1. The highest BCUT2D eigenvalue weighted by Gasteiger charge is 2.27. The van der Waals surface area contributed by atoms with E-state index in [4.69, 9.17) is 25.8 Å². The molecule has 0 radical (unpaired) electrons. The normalized spacial score (nSPS) is 12.3. The average Bonchev–Trinajstić information content (AvgIpc) is 2.83. The summed E-state index contributed by atoms with van der Waals surface area (Å²) in [4.78, 5) is 26.2. The van der Waals surface area contributed by atoms with Crippen LogP contribution in [0.4, 0.5) is 4.39 Å². The van der Waals surface area contributed by atoms with E-state index in [0.29, 0.717) is 16.9 Å². The van der Waals surface area contributed by atoms with Crippen molar-refractivity contribution in [3.05, 3.63) is 69.6 Å². The minimum Gasteiger partial charge on any atom is -0.496 e. The quantitative estimate of drug-likeness (QED) is 0.145. The van der Waals surface area contributed by atoms with E-state index in [1.807, 2.05) is 13.8 Å². The second-order valence-corrected chi connectivity index (χ2v) is 8.47. The number of nitrogens with one attached hydrogen (secondary N) is 1. The standard InChI is InChI=1S/C26H31ClFNO6/c1-6-35-26(32)19(13-29-21(14-30)15(2)3)25(31)18-11-17(22(33-4)12-23(18)34-5)10-16-8-7-9-20(27)24(16)28/h7-9,11-13,15,21,29-30H,6,10,14H2,1-5H3/b19-13-/t21-/m1/s1. The summed E-state index contributed by atoms with van der Waals surface area (Å²) >= 11 is 5.92. The van der Waals surface area contributed by atoms with Crippen molar-refractivity contribution in [2.75, 3.05) is 27.4 Å². The van der Waals surface area contributed by atoms with Crippen LogP contribution < -0.4 is 14.8 Å². The number of esters is 1. The van der Waals surface area contributed by atoms with Crippen molar-refractivity contribution in [3.63, 3.8) is 0 Å². The van der Waals surface area contributed by atoms with Gasteiger partial charge in [-0.25, -0.2) is 9.18 Å². The summed E-state index contributed by atoms with van der Waals surface area (Å²) in [6.45, 7) is 5.28. The van der Waals surface area contributed by atoms with Crippen LogP contribution in [0.25, 0.3) is 0 Å². The first-order chi connectivity index (χ1) is 16.7. The van der Waals surface area contributed by atoms with E-state index in [1.54, 1.807) is 19.1 Å². The Kier molecular flexibility index (Phi) is 10.5. The molecule has 9 heteroatoms. The van der Waals surface area contributed by atoms with E-state index in [0.717, 1.165) is 0 Å². The molecule has 0 aliphatic heterocycles. The lowest BCUT2D eigenvalue weighted by molar-refractivity contribution is -0.138. The van der Waals surface area contributed by atoms with Gasteiger partial charge in [0.2, 0.25) is 5.78 Å². The highest BCUT2D eigenvalue weighted by Crippen LogP contribution is 2.33. The third kappa shape index (κ3) is 6.96. The van der Waals surface area contributed by atoms with Gasteiger partial charge in [-0.3, -0.25) is 4.79 Å². The molecule has 35 heavy (non-hydrogen) atoms. The molecule has 2 aromatic rings. The first-order valence-corrected chi connectivity index (χ1v) is 11.5. The summed E-state index contributed by atoms with van der Waals surface area (Å²) < 4.78 is 30.5. The first-order valence-electron chi connectivity index (χ1n) is 11.1. The van der Waals surface area contributed by atoms with Crippen LogP contribution in [0.5, 0.6) is 11.5 Å². The van der Waals surface area contributed by atoms with Gasteiger partial charge >= 0.3 is 5.97 Å². The van der Waals surface area contributed by atoms with Gasteiger partial charge in [0, 0.05) is 18.7 Å². The summed E-state index contributed by atoms with van der Waals surface area (Å²) in [5.41, 5.74) is 0.598. The minimum atomic E-state index is -0.828. The highest BCUT2D eigenvalue weighted by molar-refractivity contribution is 6.30. The Bertz CT molecular complexity index is 1090. The van der Waals surface area contributed by atoms with Gasteiger partial charge in [0.15, 0.2) is 0 Å². The largest absolute Gasteiger partial charge is 0.496 e. The van der Waals surface area contributed by atoms with Crippen LogP contribution in [0.3, 0.4) is 0 Å². The van der Waals surface area contributed by atoms with Crippen LogP contribution in [0.15, 0.2) is 42.1 Å². The molecule has 1 atom stereocenters. The molecule has 2 rings (SSSR count). The lowest BCUT2D eigenvalue weighted by atomic mass is 9.96. The molecule has 7 nitrogen and oxygen atoms in total. The number of aliphatic hydroxyl groups is 1. The molecule has 0 aliphatic rings. The number of ether oxygens (including phenoxy) is 3. The number of benzene rings is 2. The fourth-order valence-electron chi connectivity index (χ4n) is 3.39. The molecule has 0 fully saturated rings. The third-order valence-electron chi connectivity index (χ3n) is 5.44. The van der Waals surface area contributed by atoms with Crippen molar-refractivity contribution in [2.24, 2.45) is 5.92 Å². The van der Waals surface area contributed by atoms with Gasteiger partial charge in [-0.1, -0.05) is 37.6 Å². The maximum Gasteiger partial charge on any atom is 0.343 e. The van der Waals surface area contributed by atoms with Gasteiger partial charge in [-0.2, -0.15) is 0 Å². The maximum atomic E-state index is 14.6. The lowest BCUT2D eigenvalue weighted by Crippen LogP contribution is -2.34. The van der Waals surface area contributed by atoms with Crippen molar-refractivity contribution in [3.8, 4) is 11.5 Å². The Balaban J connectivity index is 2.58. The van der Waals surface area contributed by atoms with Gasteiger partial charge in [0.1, 0.15) is 22.9 Å². The molecular weight excluding hydrogens is 477 g/mol. The third-order valence-corrected chi connectivity index (χ3v) is 5.73. The monoisotopic (exact) mass is 507 g/mol. The first kappa shape index (κ1) is 28.1. The van der Waals surface area contributed by atoms with Crippen LogP contribution >= 0.6 is 11.6 Å². The fourth-order valence-corrected chi connectivity index (χ4v) is 3.58. The van der Waals surface area contributed by atoms with Crippen LogP contribution in [-0.4, -0.2) is 50.3 Å². The average molecular weight is 508 g/mol. The maximum absolute atomic E-state index is 14.6. The molecular formula is C26H31ClFNO6. The van der Waals surface area contributed by atoms with Gasteiger partial charge in [0.05, 0.1) is 44.1 Å². The number of rotatable bonds is 12. The van der Waals surface area contributed by atoms with Crippen LogP contribution in [0, 0.1) is 11.7 Å². The molecule has 0 saturated carbocycles. The summed E-state index contributed by atoms with van der Waals surface area (Å²) in [5, 5.41) is 12.5. The smallest absolute Gasteiger partial charge is 0.343 e. The second-order valence-electron chi connectivity index (χ2n) is 8.06. The minimum absolute atomic E-state index is 0.0199. The Morgan fingerprint density at radius 3 is 2.40 bits per heavy atom. The number of carbonyl (C=O) groups is 2. The van der Waals surface area contributed by atoms with Gasteiger partial charge < -0.3 is 24.6 Å². The molecule has 0 saturated heterocycles. The Morgan fingerprint density at radius 1 is 1.14 bits per heavy atom. The number of ketones is 1. The zero-order valence-corrected chi connectivity index (χ0v) is 21.2. The summed E-state index contributed by atoms with van der Waals surface area (Å²) in [6, 6.07) is 7.28. The SMILES string of the molecule is CCOC(=O)/C(=C\N[C@H](CO)C(C)C)C(=O)c1cc(Cc2cccc(Cl)c2F)c(OC)cc1OC. The van der Waals surface area contributed by atoms with Crippen LogP contribution in [0.2, 0.25) is 5.02 Å². The Hall–Kier alpha value is -3.10. The van der Waals surface area contributed by atoms with Crippen LogP contribution in [0.1, 0.15) is 42.3 Å². The van der Waals surface area contributed by atoms with Crippen molar-refractivity contribution < 1.29 is 33.3 Å².